The number of ether oxygens (including phenoxy) is 2. The molecule has 148 valence electrons. The maximum absolute atomic E-state index is 5.43. The summed E-state index contributed by atoms with van der Waals surface area (Å²) in [5.74, 6) is 2.26. The van der Waals surface area contributed by atoms with Gasteiger partial charge < -0.3 is 14.8 Å². The minimum absolute atomic E-state index is 0.134. The molecular formula is C23H24N4O2. The molecule has 0 aliphatic rings. The maximum Gasteiger partial charge on any atom is 0.161 e. The van der Waals surface area contributed by atoms with Crippen LogP contribution in [-0.2, 0) is 0 Å². The van der Waals surface area contributed by atoms with Gasteiger partial charge in [-0.15, -0.1) is 0 Å². The Balaban J connectivity index is 1.74. The third-order valence-electron chi connectivity index (χ3n) is 4.90. The molecular weight excluding hydrogens is 364 g/mol. The standard InChI is InChI=1S/C23H24N4O2/c1-15-12-22(25-16(2)17-8-6-5-7-9-17)27-23(24-15)14-19(26-27)18-10-11-20(28-3)21(13-18)29-4/h5-14,16,25H,1-4H3. The van der Waals surface area contributed by atoms with Crippen molar-refractivity contribution < 1.29 is 9.47 Å². The number of hydrogen-bond donors (Lipinski definition) is 1. The Morgan fingerprint density at radius 3 is 2.41 bits per heavy atom. The number of nitrogens with one attached hydrogen (secondary N) is 1. The Labute approximate surface area is 170 Å². The monoisotopic (exact) mass is 388 g/mol. The molecule has 1 N–H and O–H groups in total. The molecule has 6 nitrogen and oxygen atoms in total. The van der Waals surface area contributed by atoms with Crippen LogP contribution < -0.4 is 14.8 Å². The summed E-state index contributed by atoms with van der Waals surface area (Å²) in [6.07, 6.45) is 0. The van der Waals surface area contributed by atoms with Crippen molar-refractivity contribution in [1.29, 1.82) is 0 Å². The van der Waals surface area contributed by atoms with E-state index in [0.717, 1.165) is 28.4 Å². The van der Waals surface area contributed by atoms with Crippen molar-refractivity contribution in [1.82, 2.24) is 14.6 Å². The lowest BCUT2D eigenvalue weighted by atomic mass is 10.1. The Morgan fingerprint density at radius 2 is 1.69 bits per heavy atom. The van der Waals surface area contributed by atoms with Gasteiger partial charge in [-0.1, -0.05) is 30.3 Å². The van der Waals surface area contributed by atoms with Crippen molar-refractivity contribution >= 4 is 11.5 Å². The van der Waals surface area contributed by atoms with Crippen molar-refractivity contribution in [2.24, 2.45) is 0 Å². The number of methoxy groups -OCH3 is 2. The lowest BCUT2D eigenvalue weighted by Crippen LogP contribution is -2.11. The predicted octanol–water partition coefficient (Wildman–Crippen LogP) is 4.90. The summed E-state index contributed by atoms with van der Waals surface area (Å²) in [6, 6.07) is 20.2. The average molecular weight is 388 g/mol. The van der Waals surface area contributed by atoms with Gasteiger partial charge in [0.15, 0.2) is 17.1 Å². The lowest BCUT2D eigenvalue weighted by molar-refractivity contribution is 0.355. The number of fused-ring (bicyclic) bond motifs is 1. The van der Waals surface area contributed by atoms with Crippen LogP contribution in [-0.4, -0.2) is 28.8 Å². The summed E-state index contributed by atoms with van der Waals surface area (Å²) in [5, 5.41) is 8.36. The Kier molecular flexibility index (Phi) is 5.08. The van der Waals surface area contributed by atoms with E-state index in [0.29, 0.717) is 11.5 Å². The van der Waals surface area contributed by atoms with Crippen LogP contribution >= 0.6 is 0 Å². The molecule has 0 radical (unpaired) electrons. The zero-order valence-corrected chi connectivity index (χ0v) is 17.0. The zero-order valence-electron chi connectivity index (χ0n) is 17.0. The van der Waals surface area contributed by atoms with Gasteiger partial charge in [-0.2, -0.15) is 9.61 Å². The van der Waals surface area contributed by atoms with Crippen LogP contribution in [0.5, 0.6) is 11.5 Å². The molecule has 29 heavy (non-hydrogen) atoms. The van der Waals surface area contributed by atoms with E-state index < -0.39 is 0 Å². The number of anilines is 1. The minimum atomic E-state index is 0.134. The number of nitrogens with zero attached hydrogens (tertiary/aromatic N) is 3. The SMILES string of the molecule is COc1ccc(-c2cc3nc(C)cc(NC(C)c4ccccc4)n3n2)cc1OC. The number of aryl methyl sites for hydroxylation is 1. The van der Waals surface area contributed by atoms with Crippen LogP contribution in [0.2, 0.25) is 0 Å². The van der Waals surface area contributed by atoms with Crippen molar-refractivity contribution in [3.05, 3.63) is 71.9 Å². The second-order valence-electron chi connectivity index (χ2n) is 6.93. The fourth-order valence-corrected chi connectivity index (χ4v) is 3.39. The Hall–Kier alpha value is -3.54. The first-order valence-electron chi connectivity index (χ1n) is 9.50. The molecule has 1 atom stereocenters. The molecule has 2 aromatic carbocycles. The fourth-order valence-electron chi connectivity index (χ4n) is 3.39. The number of benzene rings is 2. The van der Waals surface area contributed by atoms with Crippen LogP contribution in [0.25, 0.3) is 16.9 Å². The van der Waals surface area contributed by atoms with Gasteiger partial charge in [0.25, 0.3) is 0 Å². The van der Waals surface area contributed by atoms with Gasteiger partial charge in [0.1, 0.15) is 5.82 Å². The molecule has 0 bridgehead atoms. The largest absolute Gasteiger partial charge is 0.493 e. The van der Waals surface area contributed by atoms with Crippen LogP contribution in [0.15, 0.2) is 60.7 Å². The highest BCUT2D eigenvalue weighted by Gasteiger charge is 2.14. The molecule has 0 amide bonds. The van der Waals surface area contributed by atoms with E-state index in [4.69, 9.17) is 14.6 Å². The molecule has 2 aromatic heterocycles. The Bertz CT molecular complexity index is 1140. The highest BCUT2D eigenvalue weighted by molar-refractivity contribution is 5.68. The molecule has 0 aliphatic heterocycles. The number of hydrogen-bond acceptors (Lipinski definition) is 5. The molecule has 6 heteroatoms. The van der Waals surface area contributed by atoms with Gasteiger partial charge in [-0.3, -0.25) is 0 Å². The van der Waals surface area contributed by atoms with E-state index in [2.05, 4.69) is 29.4 Å². The quantitative estimate of drug-likeness (QED) is 0.509. The summed E-state index contributed by atoms with van der Waals surface area (Å²) in [4.78, 5) is 4.64. The highest BCUT2D eigenvalue weighted by atomic mass is 16.5. The molecule has 4 aromatic rings. The summed E-state index contributed by atoms with van der Waals surface area (Å²) in [7, 11) is 3.25. The average Bonchev–Trinajstić information content (AvgIpc) is 3.18. The van der Waals surface area contributed by atoms with Crippen molar-refractivity contribution in [3.8, 4) is 22.8 Å². The van der Waals surface area contributed by atoms with Crippen molar-refractivity contribution in [2.75, 3.05) is 19.5 Å². The molecule has 0 saturated heterocycles. The van der Waals surface area contributed by atoms with E-state index in [1.807, 2.05) is 60.0 Å². The first-order valence-corrected chi connectivity index (χ1v) is 9.50. The second-order valence-corrected chi connectivity index (χ2v) is 6.93. The molecule has 4 rings (SSSR count). The smallest absolute Gasteiger partial charge is 0.161 e. The van der Waals surface area contributed by atoms with Gasteiger partial charge in [0.2, 0.25) is 0 Å². The lowest BCUT2D eigenvalue weighted by Gasteiger charge is -2.16. The molecule has 0 fully saturated rings. The van der Waals surface area contributed by atoms with E-state index in [1.54, 1.807) is 14.2 Å². The minimum Gasteiger partial charge on any atom is -0.493 e. The molecule has 0 aliphatic carbocycles. The van der Waals surface area contributed by atoms with E-state index in [-0.39, 0.29) is 6.04 Å². The van der Waals surface area contributed by atoms with Crippen LogP contribution in [0.4, 0.5) is 5.82 Å². The Morgan fingerprint density at radius 1 is 0.931 bits per heavy atom. The number of rotatable bonds is 6. The van der Waals surface area contributed by atoms with E-state index >= 15 is 0 Å². The molecule has 0 spiro atoms. The van der Waals surface area contributed by atoms with Gasteiger partial charge in [-0.25, -0.2) is 4.98 Å². The third kappa shape index (κ3) is 3.74. The van der Waals surface area contributed by atoms with E-state index in [1.165, 1.54) is 5.56 Å². The van der Waals surface area contributed by atoms with Crippen LogP contribution in [0.1, 0.15) is 24.2 Å². The number of aromatic nitrogens is 3. The third-order valence-corrected chi connectivity index (χ3v) is 4.90. The first-order chi connectivity index (χ1) is 14.1. The van der Waals surface area contributed by atoms with Crippen molar-refractivity contribution in [2.45, 2.75) is 19.9 Å². The predicted molar refractivity (Wildman–Crippen MR) is 115 cm³/mol. The summed E-state index contributed by atoms with van der Waals surface area (Å²) in [5.41, 5.74) is 4.69. The molecule has 1 unspecified atom stereocenters. The maximum atomic E-state index is 5.43. The zero-order chi connectivity index (χ0) is 20.4. The van der Waals surface area contributed by atoms with Gasteiger partial charge in [0, 0.05) is 29.4 Å². The molecule has 0 saturated carbocycles. The van der Waals surface area contributed by atoms with Crippen LogP contribution in [0.3, 0.4) is 0 Å². The first kappa shape index (κ1) is 18.8. The van der Waals surface area contributed by atoms with Gasteiger partial charge >= 0.3 is 0 Å². The van der Waals surface area contributed by atoms with Crippen molar-refractivity contribution in [3.63, 3.8) is 0 Å². The topological polar surface area (TPSA) is 60.7 Å². The van der Waals surface area contributed by atoms with E-state index in [9.17, 15) is 0 Å². The normalized spacial score (nSPS) is 12.0. The van der Waals surface area contributed by atoms with Gasteiger partial charge in [0.05, 0.1) is 19.9 Å². The summed E-state index contributed by atoms with van der Waals surface area (Å²) >= 11 is 0. The highest BCUT2D eigenvalue weighted by Crippen LogP contribution is 2.32. The second kappa shape index (κ2) is 7.83. The molecule has 2 heterocycles. The fraction of sp³-hybridized carbons (Fsp3) is 0.217. The van der Waals surface area contributed by atoms with Gasteiger partial charge in [-0.05, 0) is 37.6 Å². The summed E-state index contributed by atoms with van der Waals surface area (Å²) in [6.45, 7) is 4.12. The van der Waals surface area contributed by atoms with Crippen LogP contribution in [0, 0.1) is 6.92 Å². The summed E-state index contributed by atoms with van der Waals surface area (Å²) < 4.78 is 12.6.